The van der Waals surface area contributed by atoms with Crippen LogP contribution in [-0.4, -0.2) is 17.0 Å². The van der Waals surface area contributed by atoms with Crippen molar-refractivity contribution in [1.29, 1.82) is 0 Å². The first kappa shape index (κ1) is 11.5. The number of halogens is 2. The van der Waals surface area contributed by atoms with Gasteiger partial charge in [0.25, 0.3) is 0 Å². The smallest absolute Gasteiger partial charge is 0.311 e. The highest BCUT2D eigenvalue weighted by Gasteiger charge is 2.20. The number of aliphatic carboxylic acids is 1. The van der Waals surface area contributed by atoms with E-state index in [2.05, 4.69) is 15.9 Å². The maximum atomic E-state index is 11.0. The lowest BCUT2D eigenvalue weighted by Crippen LogP contribution is -2.12. The fourth-order valence-corrected chi connectivity index (χ4v) is 2.06. The highest BCUT2D eigenvalue weighted by molar-refractivity contribution is 9.10. The summed E-state index contributed by atoms with van der Waals surface area (Å²) < 4.78 is 0.817. The van der Waals surface area contributed by atoms with Gasteiger partial charge < -0.3 is 5.11 Å². The van der Waals surface area contributed by atoms with Crippen LogP contribution in [0.1, 0.15) is 17.9 Å². The van der Waals surface area contributed by atoms with E-state index in [9.17, 15) is 4.79 Å². The molecule has 0 saturated heterocycles. The van der Waals surface area contributed by atoms with Crippen LogP contribution in [0.15, 0.2) is 28.7 Å². The lowest BCUT2D eigenvalue weighted by molar-refractivity contribution is -0.138. The Bertz CT molecular complexity index is 328. The van der Waals surface area contributed by atoms with Crippen LogP contribution in [-0.2, 0) is 4.79 Å². The molecule has 1 aromatic rings. The Labute approximate surface area is 96.0 Å². The molecule has 0 heterocycles. The lowest BCUT2D eigenvalue weighted by atomic mass is 9.97. The van der Waals surface area contributed by atoms with Crippen LogP contribution in [0.5, 0.6) is 0 Å². The van der Waals surface area contributed by atoms with Gasteiger partial charge in [-0.1, -0.05) is 34.1 Å². The second-order valence-electron chi connectivity index (χ2n) is 2.89. The minimum Gasteiger partial charge on any atom is -0.481 e. The summed E-state index contributed by atoms with van der Waals surface area (Å²) in [6, 6.07) is 7.31. The summed E-state index contributed by atoms with van der Waals surface area (Å²) in [5.41, 5.74) is 0.778. The van der Waals surface area contributed by atoms with Gasteiger partial charge in [-0.15, -0.1) is 11.6 Å². The van der Waals surface area contributed by atoms with Crippen LogP contribution >= 0.6 is 27.5 Å². The van der Waals surface area contributed by atoms with Crippen molar-refractivity contribution in [3.8, 4) is 0 Å². The van der Waals surface area contributed by atoms with Crippen molar-refractivity contribution in [2.75, 3.05) is 5.88 Å². The van der Waals surface area contributed by atoms with Crippen LogP contribution in [0.3, 0.4) is 0 Å². The second kappa shape index (κ2) is 5.37. The zero-order valence-corrected chi connectivity index (χ0v) is 9.75. The third kappa shape index (κ3) is 2.72. The molecule has 0 aliphatic carbocycles. The van der Waals surface area contributed by atoms with E-state index >= 15 is 0 Å². The first-order chi connectivity index (χ1) is 6.66. The van der Waals surface area contributed by atoms with Crippen molar-refractivity contribution in [1.82, 2.24) is 0 Å². The van der Waals surface area contributed by atoms with Crippen LogP contribution < -0.4 is 0 Å². The Hall–Kier alpha value is -0.540. The molecule has 0 amide bonds. The fraction of sp³-hybridized carbons (Fsp3) is 0.300. The van der Waals surface area contributed by atoms with Crippen LogP contribution in [0, 0.1) is 0 Å². The number of carboxylic acids is 1. The van der Waals surface area contributed by atoms with Gasteiger partial charge in [0.2, 0.25) is 0 Å². The van der Waals surface area contributed by atoms with Crippen LogP contribution in [0.4, 0.5) is 0 Å². The van der Waals surface area contributed by atoms with Crippen molar-refractivity contribution in [2.45, 2.75) is 12.3 Å². The predicted octanol–water partition coefficient (Wildman–Crippen LogP) is 3.25. The highest BCUT2D eigenvalue weighted by atomic mass is 79.9. The first-order valence-corrected chi connectivity index (χ1v) is 5.52. The molecule has 0 radical (unpaired) electrons. The number of carbonyl (C=O) groups is 1. The largest absolute Gasteiger partial charge is 0.481 e. The van der Waals surface area contributed by atoms with Crippen molar-refractivity contribution >= 4 is 33.5 Å². The number of alkyl halides is 1. The normalized spacial score (nSPS) is 12.4. The summed E-state index contributed by atoms with van der Waals surface area (Å²) in [6.45, 7) is 0. The maximum absolute atomic E-state index is 11.0. The molecule has 0 saturated carbocycles. The third-order valence-electron chi connectivity index (χ3n) is 1.98. The highest BCUT2D eigenvalue weighted by Crippen LogP contribution is 2.27. The average Bonchev–Trinajstić information content (AvgIpc) is 2.15. The molecular formula is C10H10BrClO2. The van der Waals surface area contributed by atoms with E-state index in [4.69, 9.17) is 16.7 Å². The molecule has 76 valence electrons. The molecule has 1 rings (SSSR count). The van der Waals surface area contributed by atoms with E-state index in [0.717, 1.165) is 10.0 Å². The van der Waals surface area contributed by atoms with E-state index in [1.807, 2.05) is 18.2 Å². The fourth-order valence-electron chi connectivity index (χ4n) is 1.28. The van der Waals surface area contributed by atoms with Crippen molar-refractivity contribution in [3.63, 3.8) is 0 Å². The minimum atomic E-state index is -0.836. The molecule has 1 atom stereocenters. The second-order valence-corrected chi connectivity index (χ2v) is 4.12. The van der Waals surface area contributed by atoms with Crippen molar-refractivity contribution < 1.29 is 9.90 Å². The average molecular weight is 278 g/mol. The van der Waals surface area contributed by atoms with Gasteiger partial charge in [0.1, 0.15) is 0 Å². The van der Waals surface area contributed by atoms with Gasteiger partial charge in [0.05, 0.1) is 5.92 Å². The Kier molecular flexibility index (Phi) is 4.42. The SMILES string of the molecule is O=C(O)[C@H](CCCl)c1ccccc1Br. The van der Waals surface area contributed by atoms with E-state index in [0.29, 0.717) is 12.3 Å². The molecule has 1 N–H and O–H groups in total. The summed E-state index contributed by atoms with van der Waals surface area (Å²) >= 11 is 8.89. The number of carboxylic acid groups (broad SMARTS) is 1. The van der Waals surface area contributed by atoms with Gasteiger partial charge in [0, 0.05) is 10.4 Å². The molecule has 14 heavy (non-hydrogen) atoms. The first-order valence-electron chi connectivity index (χ1n) is 4.20. The molecule has 0 aromatic heterocycles. The molecule has 0 fully saturated rings. The zero-order chi connectivity index (χ0) is 10.6. The third-order valence-corrected chi connectivity index (χ3v) is 2.92. The van der Waals surface area contributed by atoms with Crippen LogP contribution in [0.25, 0.3) is 0 Å². The summed E-state index contributed by atoms with van der Waals surface area (Å²) in [4.78, 5) is 11.0. The van der Waals surface area contributed by atoms with Gasteiger partial charge in [0.15, 0.2) is 0 Å². The van der Waals surface area contributed by atoms with Gasteiger partial charge in [-0.05, 0) is 18.1 Å². The zero-order valence-electron chi connectivity index (χ0n) is 7.41. The van der Waals surface area contributed by atoms with Crippen molar-refractivity contribution in [2.24, 2.45) is 0 Å². The Morgan fingerprint density at radius 3 is 2.64 bits per heavy atom. The van der Waals surface area contributed by atoms with Gasteiger partial charge in [-0.3, -0.25) is 4.79 Å². The predicted molar refractivity (Wildman–Crippen MR) is 59.9 cm³/mol. The monoisotopic (exact) mass is 276 g/mol. The molecule has 0 spiro atoms. The molecule has 0 aliphatic heterocycles. The number of rotatable bonds is 4. The molecule has 2 nitrogen and oxygen atoms in total. The van der Waals surface area contributed by atoms with E-state index in [1.165, 1.54) is 0 Å². The van der Waals surface area contributed by atoms with Crippen molar-refractivity contribution in [3.05, 3.63) is 34.3 Å². The van der Waals surface area contributed by atoms with Gasteiger partial charge in [-0.2, -0.15) is 0 Å². The minimum absolute atomic E-state index is 0.346. The Balaban J connectivity index is 2.99. The lowest BCUT2D eigenvalue weighted by Gasteiger charge is -2.12. The number of hydrogen-bond donors (Lipinski definition) is 1. The molecular weight excluding hydrogens is 267 g/mol. The topological polar surface area (TPSA) is 37.3 Å². The van der Waals surface area contributed by atoms with Gasteiger partial charge in [-0.25, -0.2) is 0 Å². The maximum Gasteiger partial charge on any atom is 0.311 e. The molecule has 0 aliphatic rings. The molecule has 4 heteroatoms. The summed E-state index contributed by atoms with van der Waals surface area (Å²) in [6.07, 6.45) is 0.444. The van der Waals surface area contributed by atoms with E-state index in [-0.39, 0.29) is 0 Å². The summed E-state index contributed by atoms with van der Waals surface area (Å²) in [5, 5.41) is 9.00. The number of hydrogen-bond acceptors (Lipinski definition) is 1. The standard InChI is InChI=1S/C10H10BrClO2/c11-9-4-2-1-3-7(9)8(5-6-12)10(13)14/h1-4,8H,5-6H2,(H,13,14)/t8-/m1/s1. The number of benzene rings is 1. The Morgan fingerprint density at radius 2 is 2.14 bits per heavy atom. The van der Waals surface area contributed by atoms with Gasteiger partial charge >= 0.3 is 5.97 Å². The molecule has 0 unspecified atom stereocenters. The Morgan fingerprint density at radius 1 is 1.50 bits per heavy atom. The van der Waals surface area contributed by atoms with E-state index < -0.39 is 11.9 Å². The summed E-state index contributed by atoms with van der Waals surface area (Å²) in [7, 11) is 0. The summed E-state index contributed by atoms with van der Waals surface area (Å²) in [5.74, 6) is -1.01. The quantitative estimate of drug-likeness (QED) is 0.858. The molecule has 0 bridgehead atoms. The molecule has 1 aromatic carbocycles. The van der Waals surface area contributed by atoms with Crippen LogP contribution in [0.2, 0.25) is 0 Å². The van der Waals surface area contributed by atoms with E-state index in [1.54, 1.807) is 6.07 Å².